The second kappa shape index (κ2) is 16.5. The van der Waals surface area contributed by atoms with Crippen LogP contribution in [-0.2, 0) is 19.3 Å². The molecule has 0 heterocycles. The van der Waals surface area contributed by atoms with Crippen molar-refractivity contribution in [2.45, 2.75) is 79.1 Å². The first-order valence-electron chi connectivity index (χ1n) is 10.0. The van der Waals surface area contributed by atoms with Crippen molar-refractivity contribution >= 4 is 49.6 Å². The molecule has 0 atom stereocenters. The standard InChI is InChI=1S/2C12H18O.4ClH.W/c2*1-8(2)10-6-5-7-11(9(3)4)12(10)13;;;;;/h2*5-9,13H,1-4H3;4*1H;/q;;;;;;+2/p-2. The summed E-state index contributed by atoms with van der Waals surface area (Å²) in [5.74, 6) is 3.86. The van der Waals surface area contributed by atoms with Crippen LogP contribution in [0.4, 0.5) is 0 Å². The number of rotatable bonds is 8. The van der Waals surface area contributed by atoms with Gasteiger partial charge < -0.3 is 0 Å². The van der Waals surface area contributed by atoms with Crippen LogP contribution >= 0.6 is 49.6 Å². The summed E-state index contributed by atoms with van der Waals surface area (Å²) in [6, 6.07) is 13.0. The minimum atomic E-state index is -1.48. The first-order chi connectivity index (χ1) is 12.7. The summed E-state index contributed by atoms with van der Waals surface area (Å²) in [4.78, 5) is 0. The second-order valence-corrected chi connectivity index (χ2v) is 10.1. The van der Waals surface area contributed by atoms with E-state index in [1.165, 1.54) is 22.3 Å². The molecule has 31 heavy (non-hydrogen) atoms. The topological polar surface area (TPSA) is 18.5 Å². The van der Waals surface area contributed by atoms with Gasteiger partial charge in [0.25, 0.3) is 0 Å². The zero-order chi connectivity index (χ0) is 20.1. The zero-order valence-electron chi connectivity index (χ0n) is 19.6. The quantitative estimate of drug-likeness (QED) is 0.276. The average molecular weight is 684 g/mol. The van der Waals surface area contributed by atoms with E-state index in [0.29, 0.717) is 23.7 Å². The normalized spacial score (nSPS) is 10.2. The van der Waals surface area contributed by atoms with Gasteiger partial charge in [-0.1, -0.05) is 0 Å². The Hall–Kier alpha value is -0.112. The van der Waals surface area contributed by atoms with Crippen LogP contribution in [0.5, 0.6) is 11.5 Å². The molecule has 0 aliphatic carbocycles. The van der Waals surface area contributed by atoms with Gasteiger partial charge >= 0.3 is 175 Å². The van der Waals surface area contributed by atoms with E-state index in [9.17, 15) is 0 Å². The van der Waals surface area contributed by atoms with Crippen LogP contribution in [0.1, 0.15) is 101 Å². The monoisotopic (exact) mass is 682 g/mol. The van der Waals surface area contributed by atoms with E-state index in [1.54, 1.807) is 0 Å². The maximum atomic E-state index is 6.41. The van der Waals surface area contributed by atoms with Crippen molar-refractivity contribution in [2.24, 2.45) is 0 Å². The van der Waals surface area contributed by atoms with Crippen molar-refractivity contribution in [3.05, 3.63) is 58.7 Å². The molecule has 0 saturated heterocycles. The molecule has 2 rings (SSSR count). The van der Waals surface area contributed by atoms with Gasteiger partial charge in [-0.15, -0.1) is 49.6 Å². The Morgan fingerprint density at radius 2 is 0.710 bits per heavy atom. The maximum Gasteiger partial charge on any atom is -0.147 e. The molecule has 0 aliphatic heterocycles. The zero-order valence-corrected chi connectivity index (χ0v) is 25.8. The number of para-hydroxylation sites is 2. The van der Waals surface area contributed by atoms with Crippen molar-refractivity contribution in [1.29, 1.82) is 0 Å². The van der Waals surface area contributed by atoms with Crippen LogP contribution in [0.15, 0.2) is 36.4 Å². The molecule has 0 N–H and O–H groups in total. The number of benzene rings is 2. The van der Waals surface area contributed by atoms with Gasteiger partial charge in [-0.05, 0) is 0 Å². The molecule has 2 nitrogen and oxygen atoms in total. The van der Waals surface area contributed by atoms with Gasteiger partial charge in [0.15, 0.2) is 0 Å². The molecular formula is C24H38Cl4O2W. The summed E-state index contributed by atoms with van der Waals surface area (Å²) >= 11 is -1.48. The summed E-state index contributed by atoms with van der Waals surface area (Å²) in [7, 11) is 0. The van der Waals surface area contributed by atoms with E-state index in [0.717, 1.165) is 11.5 Å². The number of halogens is 4. The first kappa shape index (κ1) is 35.5. The maximum absolute atomic E-state index is 6.41. The minimum absolute atomic E-state index is 0. The van der Waals surface area contributed by atoms with Gasteiger partial charge in [0.05, 0.1) is 0 Å². The van der Waals surface area contributed by atoms with Crippen molar-refractivity contribution in [2.75, 3.05) is 0 Å². The summed E-state index contributed by atoms with van der Waals surface area (Å²) < 4.78 is 12.8. The fourth-order valence-electron chi connectivity index (χ4n) is 3.24. The van der Waals surface area contributed by atoms with E-state index < -0.39 is 19.3 Å². The summed E-state index contributed by atoms with van der Waals surface area (Å²) in [6.07, 6.45) is 0. The molecular weight excluding hydrogens is 646 g/mol. The van der Waals surface area contributed by atoms with E-state index in [-0.39, 0.29) is 49.6 Å². The molecule has 2 aromatic rings. The van der Waals surface area contributed by atoms with Gasteiger partial charge in [-0.25, -0.2) is 0 Å². The molecule has 0 aromatic heterocycles. The third-order valence-corrected chi connectivity index (χ3v) is 6.56. The van der Waals surface area contributed by atoms with Crippen molar-refractivity contribution in [1.82, 2.24) is 0 Å². The smallest absolute Gasteiger partial charge is 0.147 e. The Balaban J connectivity index is -0.00000196. The fraction of sp³-hybridized carbons (Fsp3) is 0.500. The van der Waals surface area contributed by atoms with Gasteiger partial charge in [0.1, 0.15) is 0 Å². The molecule has 7 heteroatoms. The summed E-state index contributed by atoms with van der Waals surface area (Å²) in [5.41, 5.74) is 5.13. The Labute approximate surface area is 223 Å². The third-order valence-electron chi connectivity index (χ3n) is 4.87. The largest absolute Gasteiger partial charge is 0.147 e. The molecule has 180 valence electrons. The SMILES string of the molecule is CC(C)c1cccc(C(C)C)c1[O][W][O]c1c(C(C)C)cccc1C(C)C.Cl.Cl.Cl.Cl. The van der Waals surface area contributed by atoms with Gasteiger partial charge in [0.2, 0.25) is 0 Å². The van der Waals surface area contributed by atoms with Crippen molar-refractivity contribution in [3.8, 4) is 11.5 Å². The molecule has 0 unspecified atom stereocenters. The van der Waals surface area contributed by atoms with E-state index in [1.807, 2.05) is 0 Å². The van der Waals surface area contributed by atoms with Crippen LogP contribution in [0.3, 0.4) is 0 Å². The Bertz CT molecular complexity index is 649. The predicted molar refractivity (Wildman–Crippen MR) is 139 cm³/mol. The fourth-order valence-corrected chi connectivity index (χ4v) is 5.24. The Morgan fingerprint density at radius 1 is 0.484 bits per heavy atom. The molecule has 0 radical (unpaired) electrons. The van der Waals surface area contributed by atoms with Gasteiger partial charge in [-0.3, -0.25) is 0 Å². The third kappa shape index (κ3) is 9.34. The Morgan fingerprint density at radius 3 is 0.903 bits per heavy atom. The average Bonchev–Trinajstić information content (AvgIpc) is 2.61. The van der Waals surface area contributed by atoms with Crippen LogP contribution in [0.2, 0.25) is 0 Å². The van der Waals surface area contributed by atoms with Crippen LogP contribution < -0.4 is 6.78 Å². The molecule has 0 aliphatic rings. The molecule has 0 fully saturated rings. The molecule has 0 bridgehead atoms. The number of hydrogen-bond donors (Lipinski definition) is 0. The number of hydrogen-bond acceptors (Lipinski definition) is 2. The van der Waals surface area contributed by atoms with E-state index in [4.69, 9.17) is 6.78 Å². The van der Waals surface area contributed by atoms with Gasteiger partial charge in [0, 0.05) is 0 Å². The predicted octanol–water partition coefficient (Wildman–Crippen LogP) is 9.24. The van der Waals surface area contributed by atoms with Crippen LogP contribution in [-0.4, -0.2) is 0 Å². The molecule has 0 spiro atoms. The minimum Gasteiger partial charge on any atom is -0.147 e. The van der Waals surface area contributed by atoms with E-state index >= 15 is 0 Å². The first-order valence-corrected chi connectivity index (χ1v) is 12.4. The Kier molecular flexibility index (Phi) is 18.9. The molecule has 0 saturated carbocycles. The molecule has 0 amide bonds. The summed E-state index contributed by atoms with van der Waals surface area (Å²) in [6.45, 7) is 17.8. The van der Waals surface area contributed by atoms with Crippen LogP contribution in [0, 0.1) is 0 Å². The molecule has 2 aromatic carbocycles. The van der Waals surface area contributed by atoms with Crippen molar-refractivity contribution < 1.29 is 26.1 Å². The van der Waals surface area contributed by atoms with E-state index in [2.05, 4.69) is 91.8 Å². The van der Waals surface area contributed by atoms with Crippen molar-refractivity contribution in [3.63, 3.8) is 0 Å². The van der Waals surface area contributed by atoms with Crippen LogP contribution in [0.25, 0.3) is 0 Å². The second-order valence-electron chi connectivity index (χ2n) is 8.38. The summed E-state index contributed by atoms with van der Waals surface area (Å²) in [5, 5.41) is 0. The van der Waals surface area contributed by atoms with Gasteiger partial charge in [-0.2, -0.15) is 0 Å².